The zero-order valence-electron chi connectivity index (χ0n) is 11.6. The van der Waals surface area contributed by atoms with Crippen LogP contribution in [0, 0.1) is 0 Å². The van der Waals surface area contributed by atoms with Crippen molar-refractivity contribution in [1.29, 1.82) is 0 Å². The smallest absolute Gasteiger partial charge is 0.203 e. The highest BCUT2D eigenvalue weighted by molar-refractivity contribution is 7.91. The number of benzene rings is 1. The number of nitrogens with zero attached hydrogens (tertiary/aromatic N) is 2. The molecule has 6 heteroatoms. The van der Waals surface area contributed by atoms with Gasteiger partial charge in [0.05, 0.1) is 4.90 Å². The van der Waals surface area contributed by atoms with Crippen LogP contribution >= 0.6 is 11.6 Å². The van der Waals surface area contributed by atoms with Crippen LogP contribution in [0.3, 0.4) is 0 Å². The Morgan fingerprint density at radius 3 is 2.64 bits per heavy atom. The highest BCUT2D eigenvalue weighted by Gasteiger charge is 2.26. The van der Waals surface area contributed by atoms with Gasteiger partial charge in [0.15, 0.2) is 5.37 Å². The van der Waals surface area contributed by atoms with Gasteiger partial charge in [0.25, 0.3) is 0 Å². The topological polar surface area (TPSA) is 52.0 Å². The largest absolute Gasteiger partial charge is 0.334 e. The SMILES string of the molecule is C=CC(n1cccc1)S(=O)(=O)c1ccc2ccnc(Cl)c2c1. The van der Waals surface area contributed by atoms with Gasteiger partial charge in [0.1, 0.15) is 5.15 Å². The molecule has 22 heavy (non-hydrogen) atoms. The van der Waals surface area contributed by atoms with Gasteiger partial charge in [-0.3, -0.25) is 0 Å². The van der Waals surface area contributed by atoms with E-state index in [4.69, 9.17) is 11.6 Å². The Morgan fingerprint density at radius 2 is 1.95 bits per heavy atom. The van der Waals surface area contributed by atoms with Gasteiger partial charge in [0, 0.05) is 24.0 Å². The van der Waals surface area contributed by atoms with Crippen LogP contribution in [-0.2, 0) is 9.84 Å². The van der Waals surface area contributed by atoms with Crippen LogP contribution in [-0.4, -0.2) is 18.0 Å². The van der Waals surface area contributed by atoms with E-state index >= 15 is 0 Å². The van der Waals surface area contributed by atoms with Crippen LogP contribution in [0.5, 0.6) is 0 Å². The van der Waals surface area contributed by atoms with E-state index < -0.39 is 15.2 Å². The fraction of sp³-hybridized carbons (Fsp3) is 0.0625. The summed E-state index contributed by atoms with van der Waals surface area (Å²) in [5.74, 6) is 0. The number of hydrogen-bond acceptors (Lipinski definition) is 3. The van der Waals surface area contributed by atoms with Crippen LogP contribution in [0.2, 0.25) is 5.15 Å². The molecule has 0 amide bonds. The Bertz CT molecular complexity index is 934. The van der Waals surface area contributed by atoms with E-state index in [0.29, 0.717) is 5.39 Å². The quantitative estimate of drug-likeness (QED) is 0.538. The van der Waals surface area contributed by atoms with Crippen LogP contribution in [0.15, 0.2) is 72.5 Å². The van der Waals surface area contributed by atoms with Gasteiger partial charge < -0.3 is 4.57 Å². The maximum absolute atomic E-state index is 12.9. The van der Waals surface area contributed by atoms with Crippen molar-refractivity contribution >= 4 is 32.2 Å². The summed E-state index contributed by atoms with van der Waals surface area (Å²) in [6.07, 6.45) is 6.38. The highest BCUT2D eigenvalue weighted by atomic mass is 35.5. The van der Waals surface area contributed by atoms with E-state index in [1.54, 1.807) is 59.6 Å². The van der Waals surface area contributed by atoms with Gasteiger partial charge in [-0.15, -0.1) is 0 Å². The van der Waals surface area contributed by atoms with Gasteiger partial charge in [-0.2, -0.15) is 0 Å². The standard InChI is InChI=1S/C16H13ClN2O2S/c1-2-15(19-9-3-4-10-19)22(20,21)13-6-5-12-7-8-18-16(17)14(12)11-13/h2-11,15H,1H2. The Morgan fingerprint density at radius 1 is 1.23 bits per heavy atom. The van der Waals surface area contributed by atoms with Crippen molar-refractivity contribution in [2.75, 3.05) is 0 Å². The molecule has 0 radical (unpaired) electrons. The highest BCUT2D eigenvalue weighted by Crippen LogP contribution is 2.29. The lowest BCUT2D eigenvalue weighted by molar-refractivity contribution is 0.572. The average Bonchev–Trinajstić information content (AvgIpc) is 3.02. The van der Waals surface area contributed by atoms with Gasteiger partial charge in [-0.05, 0) is 35.7 Å². The van der Waals surface area contributed by atoms with Gasteiger partial charge in [-0.25, -0.2) is 13.4 Å². The first kappa shape index (κ1) is 14.8. The third-order valence-corrected chi connectivity index (χ3v) is 5.74. The summed E-state index contributed by atoms with van der Waals surface area (Å²) in [5.41, 5.74) is 0. The second-order valence-corrected chi connectivity index (χ2v) is 7.19. The Balaban J connectivity index is 2.16. The zero-order chi connectivity index (χ0) is 15.7. The lowest BCUT2D eigenvalue weighted by Crippen LogP contribution is -2.17. The summed E-state index contributed by atoms with van der Waals surface area (Å²) in [6, 6.07) is 10.2. The molecule has 112 valence electrons. The molecule has 1 unspecified atom stereocenters. The van der Waals surface area contributed by atoms with Crippen LogP contribution in [0.25, 0.3) is 10.8 Å². The minimum absolute atomic E-state index is 0.188. The van der Waals surface area contributed by atoms with Crippen molar-refractivity contribution in [3.05, 3.63) is 72.8 Å². The minimum Gasteiger partial charge on any atom is -0.334 e. The lowest BCUT2D eigenvalue weighted by Gasteiger charge is -2.16. The molecular weight excluding hydrogens is 320 g/mol. The van der Waals surface area contributed by atoms with Gasteiger partial charge >= 0.3 is 0 Å². The van der Waals surface area contributed by atoms with Crippen LogP contribution in [0.4, 0.5) is 0 Å². The molecule has 0 spiro atoms. The summed E-state index contributed by atoms with van der Waals surface area (Å²) < 4.78 is 27.3. The number of fused-ring (bicyclic) bond motifs is 1. The third-order valence-electron chi connectivity index (χ3n) is 3.46. The van der Waals surface area contributed by atoms with E-state index in [9.17, 15) is 8.42 Å². The molecule has 4 nitrogen and oxygen atoms in total. The zero-order valence-corrected chi connectivity index (χ0v) is 13.1. The number of hydrogen-bond donors (Lipinski definition) is 0. The van der Waals surface area contributed by atoms with Crippen molar-refractivity contribution in [3.63, 3.8) is 0 Å². The molecule has 0 aliphatic rings. The molecule has 0 N–H and O–H groups in total. The third kappa shape index (κ3) is 2.42. The fourth-order valence-corrected chi connectivity index (χ4v) is 4.11. The van der Waals surface area contributed by atoms with Crippen molar-refractivity contribution in [2.45, 2.75) is 10.3 Å². The summed E-state index contributed by atoms with van der Waals surface area (Å²) in [6.45, 7) is 3.65. The molecule has 3 aromatic rings. The number of halogens is 1. The van der Waals surface area contributed by atoms with Crippen molar-refractivity contribution in [1.82, 2.24) is 9.55 Å². The Hall–Kier alpha value is -2.11. The summed E-state index contributed by atoms with van der Waals surface area (Å²) in [7, 11) is -3.62. The molecule has 0 fully saturated rings. The molecule has 1 atom stereocenters. The maximum atomic E-state index is 12.9. The molecule has 0 aliphatic carbocycles. The van der Waals surface area contributed by atoms with Gasteiger partial charge in [0.2, 0.25) is 9.84 Å². The summed E-state index contributed by atoms with van der Waals surface area (Å²) >= 11 is 6.06. The van der Waals surface area contributed by atoms with E-state index in [1.165, 1.54) is 6.08 Å². The molecule has 0 saturated heterocycles. The van der Waals surface area contributed by atoms with E-state index in [1.807, 2.05) is 0 Å². The predicted molar refractivity (Wildman–Crippen MR) is 87.6 cm³/mol. The maximum Gasteiger partial charge on any atom is 0.203 e. The number of pyridine rings is 1. The van der Waals surface area contributed by atoms with Gasteiger partial charge in [-0.1, -0.05) is 30.3 Å². The molecule has 2 heterocycles. The molecule has 0 aliphatic heterocycles. The lowest BCUT2D eigenvalue weighted by atomic mass is 10.2. The molecule has 0 saturated carbocycles. The molecule has 0 bridgehead atoms. The molecule has 3 rings (SSSR count). The molecule has 1 aromatic carbocycles. The first-order valence-corrected chi connectivity index (χ1v) is 8.49. The van der Waals surface area contributed by atoms with E-state index in [-0.39, 0.29) is 10.0 Å². The normalized spacial score (nSPS) is 13.1. The second kappa shape index (κ2) is 5.59. The van der Waals surface area contributed by atoms with Crippen molar-refractivity contribution in [3.8, 4) is 0 Å². The summed E-state index contributed by atoms with van der Waals surface area (Å²) in [4.78, 5) is 4.18. The van der Waals surface area contributed by atoms with E-state index in [0.717, 1.165) is 5.39 Å². The van der Waals surface area contributed by atoms with Crippen molar-refractivity contribution in [2.24, 2.45) is 0 Å². The number of rotatable bonds is 4. The predicted octanol–water partition coefficient (Wildman–Crippen LogP) is 3.85. The Labute approximate surface area is 133 Å². The Kier molecular flexibility index (Phi) is 3.76. The van der Waals surface area contributed by atoms with Crippen LogP contribution in [0.1, 0.15) is 5.37 Å². The number of aromatic nitrogens is 2. The monoisotopic (exact) mass is 332 g/mol. The second-order valence-electron chi connectivity index (χ2n) is 4.79. The molecule has 2 aromatic heterocycles. The van der Waals surface area contributed by atoms with Crippen LogP contribution < -0.4 is 0 Å². The summed E-state index contributed by atoms with van der Waals surface area (Å²) in [5, 5.41) is 0.872. The van der Waals surface area contributed by atoms with Crippen molar-refractivity contribution < 1.29 is 8.42 Å². The number of sulfone groups is 1. The first-order chi connectivity index (χ1) is 10.5. The first-order valence-electron chi connectivity index (χ1n) is 6.57. The molecular formula is C16H13ClN2O2S. The average molecular weight is 333 g/mol. The minimum atomic E-state index is -3.62. The fourth-order valence-electron chi connectivity index (χ4n) is 2.35. The van der Waals surface area contributed by atoms with E-state index in [2.05, 4.69) is 11.6 Å².